The Morgan fingerprint density at radius 2 is 1.67 bits per heavy atom. The molecule has 0 saturated heterocycles. The van der Waals surface area contributed by atoms with Crippen LogP contribution in [0.25, 0.3) is 0 Å². The minimum absolute atomic E-state index is 0.0201. The van der Waals surface area contributed by atoms with E-state index in [1.54, 1.807) is 0 Å². The van der Waals surface area contributed by atoms with Crippen LogP contribution in [0.5, 0.6) is 0 Å². The molecule has 0 spiro atoms. The fourth-order valence-corrected chi connectivity index (χ4v) is 2.93. The van der Waals surface area contributed by atoms with Gasteiger partial charge in [0.15, 0.2) is 0 Å². The zero-order valence-electron chi connectivity index (χ0n) is 13.1. The zero-order chi connectivity index (χ0) is 15.6. The maximum atomic E-state index is 5.81. The molecule has 21 heavy (non-hydrogen) atoms. The van der Waals surface area contributed by atoms with Crippen LogP contribution in [0.2, 0.25) is 0 Å². The van der Waals surface area contributed by atoms with Gasteiger partial charge in [0, 0.05) is 4.47 Å². The molecule has 0 amide bonds. The Morgan fingerprint density at radius 3 is 2.19 bits per heavy atom. The number of aryl methyl sites for hydroxylation is 1. The molecule has 1 unspecified atom stereocenters. The number of hydrogen-bond donors (Lipinski definition) is 2. The first-order valence-corrected chi connectivity index (χ1v) is 7.95. The Labute approximate surface area is 135 Å². The van der Waals surface area contributed by atoms with Gasteiger partial charge in [0.05, 0.1) is 6.04 Å². The van der Waals surface area contributed by atoms with E-state index in [2.05, 4.69) is 91.5 Å². The monoisotopic (exact) mass is 346 g/mol. The Morgan fingerprint density at radius 1 is 1.05 bits per heavy atom. The Hall–Kier alpha value is -1.16. The summed E-state index contributed by atoms with van der Waals surface area (Å²) < 4.78 is 1.10. The molecule has 3 N–H and O–H groups in total. The van der Waals surface area contributed by atoms with Crippen LogP contribution in [0.4, 0.5) is 0 Å². The third-order valence-corrected chi connectivity index (χ3v) is 4.89. The van der Waals surface area contributed by atoms with E-state index in [0.717, 1.165) is 15.6 Å². The van der Waals surface area contributed by atoms with Crippen LogP contribution in [0.1, 0.15) is 49.1 Å². The summed E-state index contributed by atoms with van der Waals surface area (Å²) in [5.74, 6) is 5.81. The van der Waals surface area contributed by atoms with Crippen molar-refractivity contribution in [3.8, 4) is 0 Å². The number of hydrazine groups is 1. The van der Waals surface area contributed by atoms with Crippen LogP contribution in [0, 0.1) is 6.92 Å². The molecule has 1 atom stereocenters. The molecule has 112 valence electrons. The van der Waals surface area contributed by atoms with Gasteiger partial charge in [-0.2, -0.15) is 0 Å². The predicted molar refractivity (Wildman–Crippen MR) is 93.2 cm³/mol. The minimum Gasteiger partial charge on any atom is -0.271 e. The maximum Gasteiger partial charge on any atom is 0.0721 e. The van der Waals surface area contributed by atoms with Crippen LogP contribution in [-0.4, -0.2) is 0 Å². The molecule has 2 nitrogen and oxygen atoms in total. The normalized spacial score (nSPS) is 13.2. The van der Waals surface area contributed by atoms with Crippen molar-refractivity contribution in [2.75, 3.05) is 0 Å². The largest absolute Gasteiger partial charge is 0.271 e. The van der Waals surface area contributed by atoms with E-state index < -0.39 is 0 Å². The lowest BCUT2D eigenvalue weighted by Gasteiger charge is -2.22. The summed E-state index contributed by atoms with van der Waals surface area (Å²) in [6.07, 6.45) is 0. The second-order valence-corrected chi connectivity index (χ2v) is 7.24. The van der Waals surface area contributed by atoms with Crippen molar-refractivity contribution in [3.05, 3.63) is 69.2 Å². The van der Waals surface area contributed by atoms with E-state index in [0.29, 0.717) is 0 Å². The highest BCUT2D eigenvalue weighted by atomic mass is 79.9. The number of nitrogens with two attached hydrogens (primary N) is 1. The van der Waals surface area contributed by atoms with Crippen molar-refractivity contribution in [2.24, 2.45) is 5.84 Å². The SMILES string of the molecule is Cc1cccc(C(NN)c2ccc(C(C)(C)C)cc2)c1Br. The summed E-state index contributed by atoms with van der Waals surface area (Å²) in [6, 6.07) is 14.9. The average Bonchev–Trinajstić information content (AvgIpc) is 2.44. The number of benzene rings is 2. The smallest absolute Gasteiger partial charge is 0.0721 e. The first kappa shape index (κ1) is 16.2. The number of nitrogens with one attached hydrogen (secondary N) is 1. The van der Waals surface area contributed by atoms with Crippen molar-refractivity contribution in [1.82, 2.24) is 5.43 Å². The lowest BCUT2D eigenvalue weighted by Crippen LogP contribution is -2.29. The van der Waals surface area contributed by atoms with Gasteiger partial charge >= 0.3 is 0 Å². The lowest BCUT2D eigenvalue weighted by atomic mass is 9.86. The van der Waals surface area contributed by atoms with Crippen LogP contribution < -0.4 is 11.3 Å². The van der Waals surface area contributed by atoms with E-state index in [-0.39, 0.29) is 11.5 Å². The molecule has 3 heteroatoms. The zero-order valence-corrected chi connectivity index (χ0v) is 14.7. The Bertz CT molecular complexity index is 612. The number of halogens is 1. The molecule has 2 rings (SSSR count). The molecule has 0 aliphatic heterocycles. The number of rotatable bonds is 3. The van der Waals surface area contributed by atoms with Crippen molar-refractivity contribution in [3.63, 3.8) is 0 Å². The van der Waals surface area contributed by atoms with Crippen molar-refractivity contribution < 1.29 is 0 Å². The molecule has 0 fully saturated rings. The third-order valence-electron chi connectivity index (χ3n) is 3.81. The highest BCUT2D eigenvalue weighted by molar-refractivity contribution is 9.10. The maximum absolute atomic E-state index is 5.81. The Kier molecular flexibility index (Phi) is 4.87. The van der Waals surface area contributed by atoms with E-state index in [9.17, 15) is 0 Å². The van der Waals surface area contributed by atoms with E-state index in [4.69, 9.17) is 5.84 Å². The molecule has 2 aromatic rings. The average molecular weight is 347 g/mol. The van der Waals surface area contributed by atoms with Gasteiger partial charge in [0.1, 0.15) is 0 Å². The van der Waals surface area contributed by atoms with Gasteiger partial charge in [-0.15, -0.1) is 0 Å². The van der Waals surface area contributed by atoms with E-state index in [1.807, 2.05) is 0 Å². The van der Waals surface area contributed by atoms with Crippen molar-refractivity contribution in [2.45, 2.75) is 39.2 Å². The molecular weight excluding hydrogens is 324 g/mol. The van der Waals surface area contributed by atoms with Gasteiger partial charge in [-0.25, -0.2) is 5.43 Å². The predicted octanol–water partition coefficient (Wildman–Crippen LogP) is 4.61. The first-order valence-electron chi connectivity index (χ1n) is 7.16. The fourth-order valence-electron chi connectivity index (χ4n) is 2.43. The molecule has 0 saturated carbocycles. The van der Waals surface area contributed by atoms with Crippen molar-refractivity contribution >= 4 is 15.9 Å². The standard InChI is InChI=1S/C18H23BrN2/c1-12-6-5-7-15(16(12)19)17(21-20)13-8-10-14(11-9-13)18(2,3)4/h5-11,17,21H,20H2,1-4H3. The summed E-state index contributed by atoms with van der Waals surface area (Å²) in [5.41, 5.74) is 7.94. The molecule has 0 heterocycles. The lowest BCUT2D eigenvalue weighted by molar-refractivity contribution is 0.588. The first-order chi connectivity index (χ1) is 9.84. The third kappa shape index (κ3) is 3.54. The molecule has 2 aromatic carbocycles. The summed E-state index contributed by atoms with van der Waals surface area (Å²) in [7, 11) is 0. The fraction of sp³-hybridized carbons (Fsp3) is 0.333. The van der Waals surface area contributed by atoms with Gasteiger partial charge in [-0.1, -0.05) is 79.2 Å². The van der Waals surface area contributed by atoms with Crippen LogP contribution in [-0.2, 0) is 5.41 Å². The highest BCUT2D eigenvalue weighted by Crippen LogP contribution is 2.31. The molecule has 0 aliphatic carbocycles. The highest BCUT2D eigenvalue weighted by Gasteiger charge is 2.18. The van der Waals surface area contributed by atoms with Gasteiger partial charge in [-0.3, -0.25) is 5.84 Å². The molecular formula is C18H23BrN2. The van der Waals surface area contributed by atoms with Gasteiger partial charge in [-0.05, 0) is 34.6 Å². The Balaban J connectivity index is 2.40. The topological polar surface area (TPSA) is 38.0 Å². The van der Waals surface area contributed by atoms with Crippen LogP contribution >= 0.6 is 15.9 Å². The van der Waals surface area contributed by atoms with Gasteiger partial charge in [0.25, 0.3) is 0 Å². The van der Waals surface area contributed by atoms with Crippen LogP contribution in [0.3, 0.4) is 0 Å². The second-order valence-electron chi connectivity index (χ2n) is 6.45. The summed E-state index contributed by atoms with van der Waals surface area (Å²) >= 11 is 3.67. The molecule has 0 aromatic heterocycles. The van der Waals surface area contributed by atoms with E-state index in [1.165, 1.54) is 11.1 Å². The van der Waals surface area contributed by atoms with Crippen molar-refractivity contribution in [1.29, 1.82) is 0 Å². The quantitative estimate of drug-likeness (QED) is 0.629. The summed E-state index contributed by atoms with van der Waals surface area (Å²) in [5, 5.41) is 0. The second kappa shape index (κ2) is 6.30. The molecule has 0 radical (unpaired) electrons. The minimum atomic E-state index is -0.0201. The van der Waals surface area contributed by atoms with Gasteiger partial charge in [0.2, 0.25) is 0 Å². The summed E-state index contributed by atoms with van der Waals surface area (Å²) in [4.78, 5) is 0. The van der Waals surface area contributed by atoms with Crippen LogP contribution in [0.15, 0.2) is 46.9 Å². The van der Waals surface area contributed by atoms with E-state index >= 15 is 0 Å². The number of hydrogen-bond acceptors (Lipinski definition) is 2. The van der Waals surface area contributed by atoms with Gasteiger partial charge < -0.3 is 0 Å². The molecule has 0 bridgehead atoms. The summed E-state index contributed by atoms with van der Waals surface area (Å²) in [6.45, 7) is 8.75. The molecule has 0 aliphatic rings.